The van der Waals surface area contributed by atoms with Crippen LogP contribution in [0.2, 0.25) is 0 Å². The second-order valence-electron chi connectivity index (χ2n) is 7.09. The molecule has 150 valence electrons. The second-order valence-corrected chi connectivity index (χ2v) is 7.09. The smallest absolute Gasteiger partial charge is 0.320 e. The minimum atomic E-state index is -0.783. The minimum Gasteiger partial charge on any atom is -0.493 e. The molecule has 2 aromatic rings. The summed E-state index contributed by atoms with van der Waals surface area (Å²) in [6.07, 6.45) is 4.37. The van der Waals surface area contributed by atoms with E-state index in [1.54, 1.807) is 7.11 Å². The topological polar surface area (TPSA) is 71.9 Å². The summed E-state index contributed by atoms with van der Waals surface area (Å²) in [6.45, 7) is 5.18. The van der Waals surface area contributed by atoms with Gasteiger partial charge < -0.3 is 14.6 Å². The number of ether oxygens (including phenoxy) is 2. The second kappa shape index (κ2) is 9.06. The van der Waals surface area contributed by atoms with Crippen LogP contribution in [-0.2, 0) is 4.79 Å². The van der Waals surface area contributed by atoms with Gasteiger partial charge in [0.25, 0.3) is 0 Å². The van der Waals surface area contributed by atoms with Gasteiger partial charge in [0.2, 0.25) is 0 Å². The van der Waals surface area contributed by atoms with Crippen LogP contribution in [0.5, 0.6) is 11.5 Å². The van der Waals surface area contributed by atoms with Crippen LogP contribution in [0.1, 0.15) is 49.0 Å². The number of carbonyl (C=O) groups is 1. The van der Waals surface area contributed by atoms with Crippen LogP contribution in [0, 0.1) is 6.92 Å². The molecule has 3 rings (SSSR count). The molecule has 0 amide bonds. The Bertz CT molecular complexity index is 807. The predicted octanol–water partition coefficient (Wildman–Crippen LogP) is 3.83. The summed E-state index contributed by atoms with van der Waals surface area (Å²) >= 11 is 0. The monoisotopic (exact) mass is 384 g/mol. The Morgan fingerprint density at radius 2 is 2.11 bits per heavy atom. The van der Waals surface area contributed by atoms with Gasteiger partial charge in [-0.3, -0.25) is 14.7 Å². The molecule has 0 bridgehead atoms. The molecule has 6 heteroatoms. The lowest BCUT2D eigenvalue weighted by Crippen LogP contribution is -2.47. The maximum atomic E-state index is 11.9. The normalized spacial score (nSPS) is 18.5. The van der Waals surface area contributed by atoms with E-state index in [0.29, 0.717) is 31.1 Å². The Labute approximate surface area is 166 Å². The van der Waals surface area contributed by atoms with Crippen molar-refractivity contribution in [2.45, 2.75) is 45.2 Å². The molecule has 6 nitrogen and oxygen atoms in total. The third kappa shape index (κ3) is 4.28. The molecule has 1 saturated heterocycles. The van der Waals surface area contributed by atoms with E-state index in [9.17, 15) is 9.90 Å². The molecule has 0 spiro atoms. The van der Waals surface area contributed by atoms with Gasteiger partial charge in [-0.25, -0.2) is 0 Å². The van der Waals surface area contributed by atoms with Crippen molar-refractivity contribution in [3.05, 3.63) is 53.3 Å². The molecular formula is C22H28N2O4. The molecule has 1 aromatic heterocycles. The molecule has 2 unspecified atom stereocenters. The zero-order valence-electron chi connectivity index (χ0n) is 16.7. The number of likely N-dealkylation sites (tertiary alicyclic amines) is 1. The number of aryl methyl sites for hydroxylation is 1. The van der Waals surface area contributed by atoms with Crippen molar-refractivity contribution in [1.29, 1.82) is 0 Å². The standard InChI is InChI=1S/C22H28N2O4/c1-4-28-19-11-9-16(13-20(19)27-3)21(17-10-8-15(2)14-23-17)24-12-6-5-7-18(24)22(25)26/h8-11,13-14,18,21H,4-7,12H2,1-3H3,(H,25,26). The van der Waals surface area contributed by atoms with Crippen molar-refractivity contribution in [2.24, 2.45) is 0 Å². The van der Waals surface area contributed by atoms with Crippen molar-refractivity contribution in [1.82, 2.24) is 9.88 Å². The Morgan fingerprint density at radius 1 is 1.29 bits per heavy atom. The third-order valence-corrected chi connectivity index (χ3v) is 5.18. The van der Waals surface area contributed by atoms with Crippen molar-refractivity contribution in [3.63, 3.8) is 0 Å². The first-order valence-electron chi connectivity index (χ1n) is 9.77. The molecule has 1 fully saturated rings. The van der Waals surface area contributed by atoms with Gasteiger partial charge in [0.05, 0.1) is 25.5 Å². The summed E-state index contributed by atoms with van der Waals surface area (Å²) in [5.41, 5.74) is 2.86. The van der Waals surface area contributed by atoms with Gasteiger partial charge in [-0.2, -0.15) is 0 Å². The zero-order valence-corrected chi connectivity index (χ0v) is 16.7. The summed E-state index contributed by atoms with van der Waals surface area (Å²) in [7, 11) is 1.61. The maximum Gasteiger partial charge on any atom is 0.320 e. The maximum absolute atomic E-state index is 11.9. The number of hydrogen-bond donors (Lipinski definition) is 1. The first kappa shape index (κ1) is 20.1. The van der Waals surface area contributed by atoms with E-state index < -0.39 is 12.0 Å². The molecular weight excluding hydrogens is 356 g/mol. The van der Waals surface area contributed by atoms with E-state index in [2.05, 4.69) is 9.88 Å². The number of piperidine rings is 1. The summed E-state index contributed by atoms with van der Waals surface area (Å²) in [6, 6.07) is 9.01. The van der Waals surface area contributed by atoms with Gasteiger partial charge in [-0.15, -0.1) is 0 Å². The molecule has 1 aromatic carbocycles. The number of benzene rings is 1. The Balaban J connectivity index is 2.08. The quantitative estimate of drug-likeness (QED) is 0.782. The van der Waals surface area contributed by atoms with Crippen molar-refractivity contribution < 1.29 is 19.4 Å². The number of methoxy groups -OCH3 is 1. The van der Waals surface area contributed by atoms with Crippen molar-refractivity contribution >= 4 is 5.97 Å². The highest BCUT2D eigenvalue weighted by molar-refractivity contribution is 5.73. The minimum absolute atomic E-state index is 0.258. The predicted molar refractivity (Wildman–Crippen MR) is 107 cm³/mol. The molecule has 28 heavy (non-hydrogen) atoms. The number of aromatic nitrogens is 1. The van der Waals surface area contributed by atoms with Gasteiger partial charge in [0.15, 0.2) is 11.5 Å². The zero-order chi connectivity index (χ0) is 20.1. The number of carboxylic acid groups (broad SMARTS) is 1. The van der Waals surface area contributed by atoms with Crippen LogP contribution in [0.4, 0.5) is 0 Å². The van der Waals surface area contributed by atoms with E-state index in [-0.39, 0.29) is 6.04 Å². The number of aliphatic carboxylic acids is 1. The lowest BCUT2D eigenvalue weighted by atomic mass is 9.93. The number of pyridine rings is 1. The summed E-state index contributed by atoms with van der Waals surface area (Å²) in [5, 5.41) is 9.80. The van der Waals surface area contributed by atoms with Crippen LogP contribution in [0.3, 0.4) is 0 Å². The van der Waals surface area contributed by atoms with E-state index in [1.165, 1.54) is 0 Å². The lowest BCUT2D eigenvalue weighted by Gasteiger charge is -2.39. The van der Waals surface area contributed by atoms with Gasteiger partial charge in [-0.05, 0) is 62.6 Å². The fourth-order valence-electron chi connectivity index (χ4n) is 3.83. The van der Waals surface area contributed by atoms with Crippen LogP contribution in [-0.4, -0.2) is 47.3 Å². The first-order chi connectivity index (χ1) is 13.5. The number of rotatable bonds is 7. The van der Waals surface area contributed by atoms with E-state index in [0.717, 1.165) is 29.7 Å². The van der Waals surface area contributed by atoms with Gasteiger partial charge in [-0.1, -0.05) is 18.6 Å². The van der Waals surface area contributed by atoms with Crippen LogP contribution >= 0.6 is 0 Å². The van der Waals surface area contributed by atoms with Gasteiger partial charge >= 0.3 is 5.97 Å². The first-order valence-corrected chi connectivity index (χ1v) is 9.77. The highest BCUT2D eigenvalue weighted by atomic mass is 16.5. The Hall–Kier alpha value is -2.60. The average Bonchev–Trinajstić information content (AvgIpc) is 2.71. The third-order valence-electron chi connectivity index (χ3n) is 5.18. The fraction of sp³-hybridized carbons (Fsp3) is 0.455. The highest BCUT2D eigenvalue weighted by Crippen LogP contribution is 2.37. The fourth-order valence-corrected chi connectivity index (χ4v) is 3.83. The summed E-state index contributed by atoms with van der Waals surface area (Å²) < 4.78 is 11.2. The number of hydrogen-bond acceptors (Lipinski definition) is 5. The number of carboxylic acids is 1. The molecule has 2 atom stereocenters. The van der Waals surface area contributed by atoms with Gasteiger partial charge in [0, 0.05) is 6.20 Å². The van der Waals surface area contributed by atoms with Crippen LogP contribution < -0.4 is 9.47 Å². The van der Waals surface area contributed by atoms with E-state index >= 15 is 0 Å². The van der Waals surface area contributed by atoms with E-state index in [4.69, 9.17) is 9.47 Å². The largest absolute Gasteiger partial charge is 0.493 e. The molecule has 1 aliphatic rings. The molecule has 0 saturated carbocycles. The molecule has 1 N–H and O–H groups in total. The summed E-state index contributed by atoms with van der Waals surface area (Å²) in [4.78, 5) is 18.6. The SMILES string of the molecule is CCOc1ccc(C(c2ccc(C)cn2)N2CCCCC2C(=O)O)cc1OC. The Morgan fingerprint density at radius 3 is 2.75 bits per heavy atom. The van der Waals surface area contributed by atoms with E-state index in [1.807, 2.05) is 50.4 Å². The van der Waals surface area contributed by atoms with Crippen molar-refractivity contribution in [3.8, 4) is 11.5 Å². The molecule has 0 radical (unpaired) electrons. The van der Waals surface area contributed by atoms with Crippen LogP contribution in [0.15, 0.2) is 36.5 Å². The van der Waals surface area contributed by atoms with Crippen LogP contribution in [0.25, 0.3) is 0 Å². The van der Waals surface area contributed by atoms with Gasteiger partial charge in [0.1, 0.15) is 6.04 Å². The average molecular weight is 384 g/mol. The van der Waals surface area contributed by atoms with Crippen molar-refractivity contribution in [2.75, 3.05) is 20.3 Å². The Kier molecular flexibility index (Phi) is 6.52. The molecule has 2 heterocycles. The molecule has 1 aliphatic heterocycles. The molecule has 0 aliphatic carbocycles. The highest BCUT2D eigenvalue weighted by Gasteiger charge is 2.36. The lowest BCUT2D eigenvalue weighted by molar-refractivity contribution is -0.145. The summed E-state index contributed by atoms with van der Waals surface area (Å²) in [5.74, 6) is 0.535. The number of nitrogens with zero attached hydrogens (tertiary/aromatic N) is 2.